The Labute approximate surface area is 183 Å². The van der Waals surface area contributed by atoms with Gasteiger partial charge in [-0.15, -0.1) is 0 Å². The van der Waals surface area contributed by atoms with E-state index in [4.69, 9.17) is 0 Å². The van der Waals surface area contributed by atoms with Crippen molar-refractivity contribution >= 4 is 11.5 Å². The summed E-state index contributed by atoms with van der Waals surface area (Å²) in [6, 6.07) is 10.7. The van der Waals surface area contributed by atoms with E-state index in [-0.39, 0.29) is 11.8 Å². The SMILES string of the molecule is CCn1nc(C(F)(F)F)cc1C1=CCC(C2=C(Cc3ccccc3)C(=O)NC(O)N2)CC1. The van der Waals surface area contributed by atoms with Crippen molar-refractivity contribution in [3.63, 3.8) is 0 Å². The third kappa shape index (κ3) is 4.57. The molecule has 0 saturated heterocycles. The number of alkyl halides is 3. The summed E-state index contributed by atoms with van der Waals surface area (Å²) in [7, 11) is 0. The first kappa shape index (κ1) is 22.1. The molecule has 3 N–H and O–H groups in total. The zero-order chi connectivity index (χ0) is 22.9. The number of rotatable bonds is 5. The van der Waals surface area contributed by atoms with Crippen LogP contribution in [0.5, 0.6) is 0 Å². The number of aliphatic hydroxyl groups excluding tert-OH is 1. The summed E-state index contributed by atoms with van der Waals surface area (Å²) in [6.45, 7) is 2.10. The topological polar surface area (TPSA) is 79.2 Å². The van der Waals surface area contributed by atoms with Gasteiger partial charge in [-0.2, -0.15) is 18.3 Å². The van der Waals surface area contributed by atoms with Crippen molar-refractivity contribution in [2.45, 2.75) is 51.7 Å². The van der Waals surface area contributed by atoms with Crippen LogP contribution < -0.4 is 10.6 Å². The molecule has 0 bridgehead atoms. The molecule has 2 atom stereocenters. The Bertz CT molecular complexity index is 1060. The van der Waals surface area contributed by atoms with Crippen molar-refractivity contribution in [3.05, 3.63) is 70.7 Å². The molecule has 2 aliphatic rings. The van der Waals surface area contributed by atoms with Crippen LogP contribution in [0.25, 0.3) is 5.57 Å². The zero-order valence-corrected chi connectivity index (χ0v) is 17.6. The Balaban J connectivity index is 1.61. The van der Waals surface area contributed by atoms with Gasteiger partial charge in [-0.25, -0.2) is 0 Å². The molecule has 0 spiro atoms. The number of nitrogens with one attached hydrogen (secondary N) is 2. The van der Waals surface area contributed by atoms with Crippen LogP contribution in [0.1, 0.15) is 43.1 Å². The van der Waals surface area contributed by atoms with Gasteiger partial charge >= 0.3 is 6.18 Å². The maximum atomic E-state index is 13.1. The van der Waals surface area contributed by atoms with Crippen LogP contribution in [0.15, 0.2) is 53.7 Å². The van der Waals surface area contributed by atoms with Crippen LogP contribution in [-0.2, 0) is 23.9 Å². The Morgan fingerprint density at radius 1 is 1.22 bits per heavy atom. The van der Waals surface area contributed by atoms with Crippen LogP contribution >= 0.6 is 0 Å². The van der Waals surface area contributed by atoms with Gasteiger partial charge in [0.2, 0.25) is 6.35 Å². The van der Waals surface area contributed by atoms with E-state index in [1.807, 2.05) is 36.4 Å². The van der Waals surface area contributed by atoms with Crippen molar-refractivity contribution in [3.8, 4) is 0 Å². The van der Waals surface area contributed by atoms with Crippen LogP contribution in [0.4, 0.5) is 13.2 Å². The van der Waals surface area contributed by atoms with Gasteiger partial charge in [-0.1, -0.05) is 36.4 Å². The predicted octanol–water partition coefficient (Wildman–Crippen LogP) is 3.60. The van der Waals surface area contributed by atoms with Gasteiger partial charge in [0.1, 0.15) is 0 Å². The number of carbonyl (C=O) groups excluding carboxylic acids is 1. The number of allylic oxidation sites excluding steroid dienone is 3. The molecule has 2 unspecified atom stereocenters. The normalized spacial score (nSPS) is 21.8. The number of hydrogen-bond donors (Lipinski definition) is 3. The van der Waals surface area contributed by atoms with E-state index >= 15 is 0 Å². The van der Waals surface area contributed by atoms with Crippen molar-refractivity contribution in [1.29, 1.82) is 0 Å². The summed E-state index contributed by atoms with van der Waals surface area (Å²) < 4.78 is 40.7. The minimum absolute atomic E-state index is 0.0433. The number of amides is 1. The Hall–Kier alpha value is -3.07. The minimum Gasteiger partial charge on any atom is -0.356 e. The van der Waals surface area contributed by atoms with Gasteiger partial charge in [-0.3, -0.25) is 9.48 Å². The molecule has 0 saturated carbocycles. The lowest BCUT2D eigenvalue weighted by atomic mass is 9.83. The van der Waals surface area contributed by atoms with Gasteiger partial charge in [0.15, 0.2) is 5.69 Å². The smallest absolute Gasteiger partial charge is 0.356 e. The Kier molecular flexibility index (Phi) is 6.10. The summed E-state index contributed by atoms with van der Waals surface area (Å²) in [5.74, 6) is -0.359. The second kappa shape index (κ2) is 8.82. The maximum Gasteiger partial charge on any atom is 0.435 e. The van der Waals surface area contributed by atoms with Crippen LogP contribution in [0.3, 0.4) is 0 Å². The average molecular weight is 446 g/mol. The highest BCUT2D eigenvalue weighted by Crippen LogP contribution is 2.37. The Morgan fingerprint density at radius 2 is 1.97 bits per heavy atom. The predicted molar refractivity (Wildman–Crippen MR) is 113 cm³/mol. The van der Waals surface area contributed by atoms with Crippen molar-refractivity contribution in [2.75, 3.05) is 0 Å². The fourth-order valence-electron chi connectivity index (χ4n) is 4.33. The van der Waals surface area contributed by atoms with E-state index in [0.29, 0.717) is 49.2 Å². The number of nitrogens with zero attached hydrogens (tertiary/aromatic N) is 2. The molecule has 2 aromatic rings. The number of aliphatic hydroxyl groups is 1. The molecule has 0 radical (unpaired) electrons. The van der Waals surface area contributed by atoms with Crippen molar-refractivity contribution < 1.29 is 23.1 Å². The molecule has 170 valence electrons. The minimum atomic E-state index is -4.49. The van der Waals surface area contributed by atoms with Crippen LogP contribution in [-0.4, -0.2) is 27.1 Å². The zero-order valence-electron chi connectivity index (χ0n) is 17.6. The molecule has 4 rings (SSSR count). The molecule has 9 heteroatoms. The summed E-state index contributed by atoms with van der Waals surface area (Å²) >= 11 is 0. The van der Waals surface area contributed by atoms with Gasteiger partial charge in [0.25, 0.3) is 5.91 Å². The number of carbonyl (C=O) groups is 1. The lowest BCUT2D eigenvalue weighted by molar-refractivity contribution is -0.141. The number of aryl methyl sites for hydroxylation is 1. The maximum absolute atomic E-state index is 13.1. The largest absolute Gasteiger partial charge is 0.435 e. The van der Waals surface area contributed by atoms with Crippen molar-refractivity contribution in [2.24, 2.45) is 5.92 Å². The third-order valence-electron chi connectivity index (χ3n) is 5.90. The lowest BCUT2D eigenvalue weighted by Crippen LogP contribution is -2.52. The van der Waals surface area contributed by atoms with E-state index in [2.05, 4.69) is 15.7 Å². The molecule has 1 aliphatic heterocycles. The average Bonchev–Trinajstić information content (AvgIpc) is 3.21. The molecular formula is C23H25F3N4O2. The number of aromatic nitrogens is 2. The monoisotopic (exact) mass is 446 g/mol. The van der Waals surface area contributed by atoms with E-state index in [9.17, 15) is 23.1 Å². The standard InChI is InChI=1S/C23H25F3N4O2/c1-2-30-18(13-19(29-30)23(24,25)26)15-8-10-16(11-9-15)20-17(21(31)28-22(32)27-20)12-14-6-4-3-5-7-14/h3-8,13,16,22,27,32H,2,9-12H2,1H3,(H,28,31). The van der Waals surface area contributed by atoms with Gasteiger partial charge in [-0.05, 0) is 43.4 Å². The van der Waals surface area contributed by atoms with Crippen LogP contribution in [0.2, 0.25) is 0 Å². The Morgan fingerprint density at radius 3 is 2.59 bits per heavy atom. The second-order valence-corrected chi connectivity index (χ2v) is 8.00. The highest BCUT2D eigenvalue weighted by Gasteiger charge is 2.36. The van der Waals surface area contributed by atoms with Gasteiger partial charge in [0, 0.05) is 30.2 Å². The van der Waals surface area contributed by atoms with Gasteiger partial charge < -0.3 is 15.7 Å². The summed E-state index contributed by atoms with van der Waals surface area (Å²) in [4.78, 5) is 12.6. The highest BCUT2D eigenvalue weighted by molar-refractivity contribution is 5.95. The molecule has 2 heterocycles. The molecule has 6 nitrogen and oxygen atoms in total. The molecule has 1 aliphatic carbocycles. The first-order valence-corrected chi connectivity index (χ1v) is 10.6. The quantitative estimate of drug-likeness (QED) is 0.656. The third-order valence-corrected chi connectivity index (χ3v) is 5.90. The molecule has 1 amide bonds. The fourth-order valence-corrected chi connectivity index (χ4v) is 4.33. The first-order valence-electron chi connectivity index (χ1n) is 10.6. The van der Waals surface area contributed by atoms with Crippen LogP contribution in [0, 0.1) is 5.92 Å². The van der Waals surface area contributed by atoms with E-state index < -0.39 is 18.2 Å². The highest BCUT2D eigenvalue weighted by atomic mass is 19.4. The second-order valence-electron chi connectivity index (χ2n) is 8.00. The molecular weight excluding hydrogens is 421 g/mol. The fraction of sp³-hybridized carbons (Fsp3) is 0.391. The van der Waals surface area contributed by atoms with Crippen molar-refractivity contribution in [1.82, 2.24) is 20.4 Å². The number of hydrogen-bond acceptors (Lipinski definition) is 4. The molecule has 32 heavy (non-hydrogen) atoms. The van der Waals surface area contributed by atoms with E-state index in [1.165, 1.54) is 4.68 Å². The number of halogens is 3. The first-order chi connectivity index (χ1) is 15.3. The number of benzene rings is 1. The lowest BCUT2D eigenvalue weighted by Gasteiger charge is -2.33. The molecule has 0 fully saturated rings. The summed E-state index contributed by atoms with van der Waals surface area (Å²) in [5, 5.41) is 19.2. The molecule has 1 aromatic heterocycles. The molecule has 1 aromatic carbocycles. The summed E-state index contributed by atoms with van der Waals surface area (Å²) in [5.41, 5.74) is 2.65. The summed E-state index contributed by atoms with van der Waals surface area (Å²) in [6.07, 6.45) is -1.57. The van der Waals surface area contributed by atoms with Gasteiger partial charge in [0.05, 0.1) is 5.69 Å². The van der Waals surface area contributed by atoms with E-state index in [1.54, 1.807) is 6.92 Å². The van der Waals surface area contributed by atoms with E-state index in [0.717, 1.165) is 17.2 Å².